The van der Waals surface area contributed by atoms with Crippen LogP contribution in [-0.2, 0) is 19.1 Å². The Labute approximate surface area is 311 Å². The predicted molar refractivity (Wildman–Crippen MR) is 216 cm³/mol. The Balaban J connectivity index is 0.00000302. The minimum absolute atomic E-state index is 0.155. The number of piperazine rings is 1. The van der Waals surface area contributed by atoms with E-state index in [1.165, 1.54) is 154 Å². The highest BCUT2D eigenvalue weighted by Gasteiger charge is 2.12. The maximum Gasteiger partial charge on any atom is 0.306 e. The third kappa shape index (κ3) is 39.1. The van der Waals surface area contributed by atoms with Crippen LogP contribution in [0.15, 0.2) is 24.3 Å². The van der Waals surface area contributed by atoms with Crippen LogP contribution in [0.2, 0.25) is 0 Å². The number of likely N-dealkylation sites (N-methyl/N-ethyl adjacent to an activating group) is 1. The fraction of sp³-hybridized carbons (Fsp3) is 0.864. The number of unbranched alkanes of at least 4 members (excludes halogenated alkanes) is 22. The number of esters is 2. The summed E-state index contributed by atoms with van der Waals surface area (Å²) in [5.41, 5.74) is 0. The second-order valence-electron chi connectivity index (χ2n) is 14.7. The smallest absolute Gasteiger partial charge is 0.306 e. The van der Waals surface area contributed by atoms with Gasteiger partial charge in [0.1, 0.15) is 12.7 Å². The fourth-order valence-corrected chi connectivity index (χ4v) is 6.06. The lowest BCUT2D eigenvalue weighted by molar-refractivity contribution is -0.158. The van der Waals surface area contributed by atoms with Gasteiger partial charge >= 0.3 is 11.9 Å². The standard InChI is InChI=1S/C39H72O4.C5H12N2/c1-4-6-8-10-12-14-16-18-20-22-24-26-28-30-32-34-38(40)42-36-37(3)43-39(41)35-33-31-29-27-25-23-21-19-17-15-13-11-9-7-5-2;1-7-4-2-6-3-5-7/h18-21,37H,4-17,22-36H2,1-3H3;6H,2-5H2,1H3/b20-18-,21-19-;. The predicted octanol–water partition coefficient (Wildman–Crippen LogP) is 12.1. The first kappa shape index (κ1) is 48.3. The molecular weight excluding hydrogens is 620 g/mol. The summed E-state index contributed by atoms with van der Waals surface area (Å²) in [5.74, 6) is -0.365. The molecule has 1 rings (SSSR count). The summed E-state index contributed by atoms with van der Waals surface area (Å²) in [7, 11) is 2.15. The van der Waals surface area contributed by atoms with Crippen molar-refractivity contribution < 1.29 is 19.1 Å². The molecule has 0 saturated carbocycles. The van der Waals surface area contributed by atoms with Gasteiger partial charge in [0.05, 0.1) is 0 Å². The Morgan fingerprint density at radius 2 is 0.920 bits per heavy atom. The Kier molecular flexibility index (Phi) is 38.8. The maximum atomic E-state index is 12.1. The summed E-state index contributed by atoms with van der Waals surface area (Å²) >= 11 is 0. The molecule has 0 aromatic heterocycles. The quantitative estimate of drug-likeness (QED) is 0.0417. The molecule has 0 aliphatic carbocycles. The van der Waals surface area contributed by atoms with Gasteiger partial charge in [0.25, 0.3) is 0 Å². The van der Waals surface area contributed by atoms with E-state index in [0.717, 1.165) is 38.8 Å². The van der Waals surface area contributed by atoms with Crippen molar-refractivity contribution in [3.8, 4) is 0 Å². The SMILES string of the molecule is CCCCCCCC/C=C\CCCCCCCC(=O)OCC(C)OC(=O)CCCCCCC/C=C\CCCCCCCC.CN1CCNCC1. The molecule has 1 heterocycles. The lowest BCUT2D eigenvalue weighted by atomic mass is 10.1. The normalized spacial score (nSPS) is 14.2. The monoisotopic (exact) mass is 705 g/mol. The average Bonchev–Trinajstić information content (AvgIpc) is 3.11. The van der Waals surface area contributed by atoms with Gasteiger partial charge in [-0.05, 0) is 78.2 Å². The van der Waals surface area contributed by atoms with E-state index in [2.05, 4.69) is 55.4 Å². The van der Waals surface area contributed by atoms with Gasteiger partial charge in [-0.3, -0.25) is 9.59 Å². The summed E-state index contributed by atoms with van der Waals surface area (Å²) in [6, 6.07) is 0. The van der Waals surface area contributed by atoms with E-state index in [0.29, 0.717) is 12.8 Å². The number of carbonyl (C=O) groups excluding carboxylic acids is 2. The first-order valence-corrected chi connectivity index (χ1v) is 21.5. The molecule has 0 amide bonds. The van der Waals surface area contributed by atoms with E-state index < -0.39 is 0 Å². The number of hydrogen-bond donors (Lipinski definition) is 1. The van der Waals surface area contributed by atoms with Gasteiger partial charge in [-0.1, -0.05) is 141 Å². The molecule has 294 valence electrons. The van der Waals surface area contributed by atoms with Crippen molar-refractivity contribution in [3.05, 3.63) is 24.3 Å². The Hall–Kier alpha value is -1.66. The van der Waals surface area contributed by atoms with Crippen LogP contribution in [0.4, 0.5) is 0 Å². The van der Waals surface area contributed by atoms with Crippen LogP contribution in [0.3, 0.4) is 0 Å². The van der Waals surface area contributed by atoms with Crippen LogP contribution < -0.4 is 5.32 Å². The number of allylic oxidation sites excluding steroid dienone is 4. The van der Waals surface area contributed by atoms with Crippen LogP contribution in [0.5, 0.6) is 0 Å². The molecule has 1 atom stereocenters. The first-order valence-electron chi connectivity index (χ1n) is 21.5. The molecule has 6 heteroatoms. The van der Waals surface area contributed by atoms with Gasteiger partial charge in [-0.25, -0.2) is 0 Å². The summed E-state index contributed by atoms with van der Waals surface area (Å²) in [6.45, 7) is 11.2. The van der Waals surface area contributed by atoms with Gasteiger partial charge < -0.3 is 19.7 Å². The highest BCUT2D eigenvalue weighted by molar-refractivity contribution is 5.70. The fourth-order valence-electron chi connectivity index (χ4n) is 6.06. The highest BCUT2D eigenvalue weighted by atomic mass is 16.6. The highest BCUT2D eigenvalue weighted by Crippen LogP contribution is 2.12. The average molecular weight is 705 g/mol. The van der Waals surface area contributed by atoms with Crippen LogP contribution in [0.1, 0.15) is 201 Å². The van der Waals surface area contributed by atoms with E-state index in [4.69, 9.17) is 9.47 Å². The molecule has 0 bridgehead atoms. The molecule has 0 aromatic carbocycles. The molecule has 1 unspecified atom stereocenters. The Morgan fingerprint density at radius 1 is 0.560 bits per heavy atom. The number of ether oxygens (including phenoxy) is 2. The minimum atomic E-state index is -0.381. The van der Waals surface area contributed by atoms with Gasteiger partial charge in [0, 0.05) is 39.0 Å². The van der Waals surface area contributed by atoms with Crippen molar-refractivity contribution in [3.63, 3.8) is 0 Å². The summed E-state index contributed by atoms with van der Waals surface area (Å²) < 4.78 is 10.7. The largest absolute Gasteiger partial charge is 0.462 e. The van der Waals surface area contributed by atoms with Crippen LogP contribution in [-0.4, -0.2) is 62.8 Å². The minimum Gasteiger partial charge on any atom is -0.462 e. The lowest BCUT2D eigenvalue weighted by Gasteiger charge is -2.21. The van der Waals surface area contributed by atoms with E-state index in [1.54, 1.807) is 6.92 Å². The molecule has 1 aliphatic rings. The molecule has 1 N–H and O–H groups in total. The molecule has 0 aromatic rings. The number of nitrogens with one attached hydrogen (secondary N) is 1. The zero-order valence-electron chi connectivity index (χ0n) is 33.8. The molecule has 0 spiro atoms. The van der Waals surface area contributed by atoms with Crippen molar-refractivity contribution in [2.75, 3.05) is 39.8 Å². The van der Waals surface area contributed by atoms with Crippen LogP contribution >= 0.6 is 0 Å². The topological polar surface area (TPSA) is 67.9 Å². The Bertz CT molecular complexity index is 778. The third-order valence-electron chi connectivity index (χ3n) is 9.44. The van der Waals surface area contributed by atoms with E-state index in [-0.39, 0.29) is 24.6 Å². The van der Waals surface area contributed by atoms with Crippen molar-refractivity contribution in [1.29, 1.82) is 0 Å². The Morgan fingerprint density at radius 3 is 1.30 bits per heavy atom. The molecule has 50 heavy (non-hydrogen) atoms. The lowest BCUT2D eigenvalue weighted by Crippen LogP contribution is -2.40. The van der Waals surface area contributed by atoms with E-state index in [9.17, 15) is 9.59 Å². The van der Waals surface area contributed by atoms with Gasteiger partial charge in [-0.15, -0.1) is 0 Å². The van der Waals surface area contributed by atoms with E-state index >= 15 is 0 Å². The van der Waals surface area contributed by atoms with Gasteiger partial charge in [0.15, 0.2) is 0 Å². The van der Waals surface area contributed by atoms with Crippen molar-refractivity contribution in [2.45, 2.75) is 207 Å². The third-order valence-corrected chi connectivity index (χ3v) is 9.44. The number of nitrogens with zero attached hydrogens (tertiary/aromatic N) is 1. The molecular formula is C44H84N2O4. The van der Waals surface area contributed by atoms with Crippen molar-refractivity contribution in [1.82, 2.24) is 10.2 Å². The molecule has 1 fully saturated rings. The van der Waals surface area contributed by atoms with Crippen LogP contribution in [0.25, 0.3) is 0 Å². The van der Waals surface area contributed by atoms with Gasteiger partial charge in [-0.2, -0.15) is 0 Å². The van der Waals surface area contributed by atoms with Crippen molar-refractivity contribution in [2.24, 2.45) is 0 Å². The summed E-state index contributed by atoms with van der Waals surface area (Å²) in [4.78, 5) is 26.4. The molecule has 0 radical (unpaired) electrons. The zero-order chi connectivity index (χ0) is 36.6. The molecule has 6 nitrogen and oxygen atoms in total. The zero-order valence-corrected chi connectivity index (χ0v) is 33.8. The molecule has 1 aliphatic heterocycles. The summed E-state index contributed by atoms with van der Waals surface area (Å²) in [5, 5.41) is 3.27. The molecule has 1 saturated heterocycles. The van der Waals surface area contributed by atoms with E-state index in [1.807, 2.05) is 0 Å². The van der Waals surface area contributed by atoms with Crippen molar-refractivity contribution >= 4 is 11.9 Å². The second-order valence-corrected chi connectivity index (χ2v) is 14.7. The maximum absolute atomic E-state index is 12.1. The number of rotatable bonds is 33. The number of hydrogen-bond acceptors (Lipinski definition) is 6. The van der Waals surface area contributed by atoms with Crippen LogP contribution in [0, 0.1) is 0 Å². The second kappa shape index (κ2) is 40.1. The summed E-state index contributed by atoms with van der Waals surface area (Å²) in [6.07, 6.45) is 42.2. The number of carbonyl (C=O) groups is 2. The van der Waals surface area contributed by atoms with Gasteiger partial charge in [0.2, 0.25) is 0 Å². The first-order chi connectivity index (χ1) is 24.5.